The molecule has 6 nitrogen and oxygen atoms in total. The fourth-order valence-electron chi connectivity index (χ4n) is 1.73. The molecule has 86 valence electrons. The minimum atomic E-state index is 0.0213. The van der Waals surface area contributed by atoms with E-state index in [1.165, 1.54) is 0 Å². The Balaban J connectivity index is 2.46. The Morgan fingerprint density at radius 2 is 2.00 bits per heavy atom. The number of urea groups is 1. The van der Waals surface area contributed by atoms with Gasteiger partial charge in [-0.15, -0.1) is 0 Å². The zero-order valence-electron chi connectivity index (χ0n) is 9.18. The van der Waals surface area contributed by atoms with Crippen molar-refractivity contribution in [1.29, 1.82) is 0 Å². The van der Waals surface area contributed by atoms with Gasteiger partial charge in [-0.05, 0) is 12.8 Å². The molecule has 0 aromatic heterocycles. The number of rotatable bonds is 1. The Bertz CT molecular complexity index is 257. The van der Waals surface area contributed by atoms with Crippen LogP contribution in [0.3, 0.4) is 0 Å². The molecule has 6 heteroatoms. The molecule has 1 saturated heterocycles. The predicted molar refractivity (Wildman–Crippen MR) is 56.8 cm³/mol. The molecule has 1 heterocycles. The minimum absolute atomic E-state index is 0.0213. The van der Waals surface area contributed by atoms with Crippen LogP contribution >= 0.6 is 0 Å². The molecule has 15 heavy (non-hydrogen) atoms. The highest BCUT2D eigenvalue weighted by Crippen LogP contribution is 2.17. The Kier molecular flexibility index (Phi) is 3.76. The van der Waals surface area contributed by atoms with Crippen LogP contribution in [0.1, 0.15) is 12.8 Å². The maximum Gasteiger partial charge on any atom is 0.319 e. The number of piperidine rings is 1. The average molecular weight is 214 g/mol. The average Bonchev–Trinajstić information content (AvgIpc) is 2.27. The van der Waals surface area contributed by atoms with E-state index < -0.39 is 0 Å². The second-order valence-electron chi connectivity index (χ2n) is 3.96. The highest BCUT2D eigenvalue weighted by Gasteiger charge is 2.25. The van der Waals surface area contributed by atoms with Gasteiger partial charge in [0.05, 0.1) is 0 Å². The molecule has 0 aromatic rings. The van der Waals surface area contributed by atoms with Crippen molar-refractivity contribution in [3.05, 3.63) is 0 Å². The van der Waals surface area contributed by atoms with Gasteiger partial charge in [0, 0.05) is 33.1 Å². The standard InChI is InChI=1S/C9H18N4O2/c1-12(2)9(14)13-5-3-7(4-6-13)8(10)11-15/h7,15H,3-6H2,1-2H3,(H2,10,11). The number of nitrogens with zero attached hydrogens (tertiary/aromatic N) is 3. The molecule has 3 N–H and O–H groups in total. The van der Waals surface area contributed by atoms with Crippen LogP contribution in [0.15, 0.2) is 5.16 Å². The van der Waals surface area contributed by atoms with Crippen LogP contribution in [-0.2, 0) is 0 Å². The fraction of sp³-hybridized carbons (Fsp3) is 0.778. The normalized spacial score (nSPS) is 19.1. The maximum atomic E-state index is 11.6. The van der Waals surface area contributed by atoms with Gasteiger partial charge in [0.25, 0.3) is 0 Å². The molecule has 0 aromatic carbocycles. The van der Waals surface area contributed by atoms with Gasteiger partial charge in [-0.2, -0.15) is 0 Å². The molecule has 1 fully saturated rings. The third-order valence-corrected chi connectivity index (χ3v) is 2.68. The summed E-state index contributed by atoms with van der Waals surface area (Å²) in [4.78, 5) is 14.9. The smallest absolute Gasteiger partial charge is 0.319 e. The quantitative estimate of drug-likeness (QED) is 0.281. The zero-order valence-corrected chi connectivity index (χ0v) is 9.18. The van der Waals surface area contributed by atoms with Crippen molar-refractivity contribution < 1.29 is 10.0 Å². The summed E-state index contributed by atoms with van der Waals surface area (Å²) in [6.45, 7) is 1.33. The summed E-state index contributed by atoms with van der Waals surface area (Å²) in [7, 11) is 3.47. The predicted octanol–water partition coefficient (Wildman–Crippen LogP) is 0.126. The number of amides is 2. The molecular formula is C9H18N4O2. The number of amidine groups is 1. The lowest BCUT2D eigenvalue weighted by molar-refractivity contribution is 0.155. The summed E-state index contributed by atoms with van der Waals surface area (Å²) in [5.74, 6) is 0.369. The summed E-state index contributed by atoms with van der Waals surface area (Å²) in [5.41, 5.74) is 5.52. The summed E-state index contributed by atoms with van der Waals surface area (Å²) in [6.07, 6.45) is 1.52. The van der Waals surface area contributed by atoms with Gasteiger partial charge in [0.1, 0.15) is 5.84 Å². The third kappa shape index (κ3) is 2.74. The van der Waals surface area contributed by atoms with E-state index in [-0.39, 0.29) is 17.8 Å². The van der Waals surface area contributed by atoms with Crippen molar-refractivity contribution in [1.82, 2.24) is 9.80 Å². The molecule has 1 aliphatic rings. The van der Waals surface area contributed by atoms with Crippen molar-refractivity contribution in [3.63, 3.8) is 0 Å². The molecule has 0 radical (unpaired) electrons. The highest BCUT2D eigenvalue weighted by atomic mass is 16.4. The Morgan fingerprint density at radius 3 is 2.40 bits per heavy atom. The largest absolute Gasteiger partial charge is 0.409 e. The number of oxime groups is 1. The highest BCUT2D eigenvalue weighted by molar-refractivity contribution is 5.82. The van der Waals surface area contributed by atoms with Gasteiger partial charge in [-0.25, -0.2) is 4.79 Å². The number of carbonyl (C=O) groups is 1. The Hall–Kier alpha value is -1.46. The molecule has 0 unspecified atom stereocenters. The lowest BCUT2D eigenvalue weighted by Crippen LogP contribution is -2.45. The number of nitrogens with two attached hydrogens (primary N) is 1. The van der Waals surface area contributed by atoms with Crippen LogP contribution in [-0.4, -0.2) is 54.1 Å². The van der Waals surface area contributed by atoms with Crippen LogP contribution < -0.4 is 5.73 Å². The first kappa shape index (κ1) is 11.6. The number of likely N-dealkylation sites (tertiary alicyclic amines) is 1. The molecule has 1 rings (SSSR count). The van der Waals surface area contributed by atoms with Crippen molar-refractivity contribution in [3.8, 4) is 0 Å². The maximum absolute atomic E-state index is 11.6. The molecule has 0 saturated carbocycles. The van der Waals surface area contributed by atoms with Gasteiger partial charge >= 0.3 is 6.03 Å². The molecule has 0 bridgehead atoms. The summed E-state index contributed by atoms with van der Waals surface area (Å²) < 4.78 is 0. The van der Waals surface area contributed by atoms with E-state index in [1.54, 1.807) is 23.9 Å². The minimum Gasteiger partial charge on any atom is -0.409 e. The molecule has 0 aliphatic carbocycles. The van der Waals surface area contributed by atoms with E-state index in [2.05, 4.69) is 5.16 Å². The van der Waals surface area contributed by atoms with Crippen LogP contribution in [0, 0.1) is 5.92 Å². The van der Waals surface area contributed by atoms with Crippen LogP contribution in [0.2, 0.25) is 0 Å². The molecule has 1 aliphatic heterocycles. The van der Waals surface area contributed by atoms with Gasteiger partial charge in [-0.1, -0.05) is 5.16 Å². The Morgan fingerprint density at radius 1 is 1.47 bits per heavy atom. The van der Waals surface area contributed by atoms with Gasteiger partial charge in [-0.3, -0.25) is 0 Å². The van der Waals surface area contributed by atoms with Crippen LogP contribution in [0.4, 0.5) is 4.79 Å². The van der Waals surface area contributed by atoms with E-state index >= 15 is 0 Å². The Labute approximate surface area is 89.3 Å². The summed E-state index contributed by atoms with van der Waals surface area (Å²) >= 11 is 0. The zero-order chi connectivity index (χ0) is 11.4. The second kappa shape index (κ2) is 4.86. The van der Waals surface area contributed by atoms with E-state index in [1.807, 2.05) is 0 Å². The van der Waals surface area contributed by atoms with Crippen molar-refractivity contribution in [2.24, 2.45) is 16.8 Å². The topological polar surface area (TPSA) is 82.2 Å². The third-order valence-electron chi connectivity index (χ3n) is 2.68. The van der Waals surface area contributed by atoms with Gasteiger partial charge in [0.2, 0.25) is 0 Å². The number of hydrogen-bond donors (Lipinski definition) is 2. The number of hydrogen-bond acceptors (Lipinski definition) is 3. The fourth-order valence-corrected chi connectivity index (χ4v) is 1.73. The SMILES string of the molecule is CN(C)C(=O)N1CCC(C(N)=NO)CC1. The first-order valence-electron chi connectivity index (χ1n) is 5.00. The molecule has 0 spiro atoms. The van der Waals surface area contributed by atoms with Gasteiger partial charge < -0.3 is 20.7 Å². The first-order chi connectivity index (χ1) is 7.06. The summed E-state index contributed by atoms with van der Waals surface area (Å²) in [6, 6.07) is 0.0213. The van der Waals surface area contributed by atoms with Crippen molar-refractivity contribution in [2.45, 2.75) is 12.8 Å². The second-order valence-corrected chi connectivity index (χ2v) is 3.96. The molecular weight excluding hydrogens is 196 g/mol. The van der Waals surface area contributed by atoms with E-state index in [0.29, 0.717) is 13.1 Å². The lowest BCUT2D eigenvalue weighted by atomic mass is 9.96. The number of carbonyl (C=O) groups excluding carboxylic acids is 1. The van der Waals surface area contributed by atoms with E-state index in [9.17, 15) is 4.79 Å². The van der Waals surface area contributed by atoms with Crippen LogP contribution in [0.25, 0.3) is 0 Å². The van der Waals surface area contributed by atoms with E-state index in [0.717, 1.165) is 12.8 Å². The first-order valence-corrected chi connectivity index (χ1v) is 5.00. The van der Waals surface area contributed by atoms with Crippen molar-refractivity contribution in [2.75, 3.05) is 27.2 Å². The summed E-state index contributed by atoms with van der Waals surface area (Å²) in [5, 5.41) is 11.5. The monoisotopic (exact) mass is 214 g/mol. The van der Waals surface area contributed by atoms with Crippen molar-refractivity contribution >= 4 is 11.9 Å². The van der Waals surface area contributed by atoms with E-state index in [4.69, 9.17) is 10.9 Å². The van der Waals surface area contributed by atoms with Gasteiger partial charge in [0.15, 0.2) is 0 Å². The molecule has 2 amide bonds. The van der Waals surface area contributed by atoms with Crippen LogP contribution in [0.5, 0.6) is 0 Å². The lowest BCUT2D eigenvalue weighted by Gasteiger charge is -2.32. The molecule has 0 atom stereocenters.